The first-order chi connectivity index (χ1) is 18.9. The second-order valence-corrected chi connectivity index (χ2v) is 10.1. The molecular formula is C30H34F2N6S. The Morgan fingerprint density at radius 2 is 2.00 bits per heavy atom. The van der Waals surface area contributed by atoms with Gasteiger partial charge < -0.3 is 20.3 Å². The minimum absolute atomic E-state index is 0.280. The number of rotatable bonds is 11. The molecule has 0 bridgehead atoms. The van der Waals surface area contributed by atoms with Crippen LogP contribution < -0.4 is 10.0 Å². The lowest BCUT2D eigenvalue weighted by Crippen LogP contribution is -2.31. The van der Waals surface area contributed by atoms with E-state index in [4.69, 9.17) is 5.41 Å². The molecule has 0 saturated carbocycles. The Kier molecular flexibility index (Phi) is 9.73. The summed E-state index contributed by atoms with van der Waals surface area (Å²) in [6.45, 7) is 5.96. The van der Waals surface area contributed by atoms with Crippen LogP contribution >= 0.6 is 11.9 Å². The summed E-state index contributed by atoms with van der Waals surface area (Å²) in [7, 11) is 2.15. The zero-order chi connectivity index (χ0) is 27.8. The molecule has 1 fully saturated rings. The summed E-state index contributed by atoms with van der Waals surface area (Å²) in [5.41, 5.74) is 4.68. The molecule has 4 rings (SSSR count). The van der Waals surface area contributed by atoms with Crippen LogP contribution in [-0.4, -0.2) is 47.3 Å². The van der Waals surface area contributed by atoms with Crippen LogP contribution in [-0.2, 0) is 6.42 Å². The lowest BCUT2D eigenvalue weighted by Gasteiger charge is -2.28. The molecule has 2 aromatic carbocycles. The van der Waals surface area contributed by atoms with Gasteiger partial charge in [0, 0.05) is 47.3 Å². The molecule has 9 heteroatoms. The molecule has 6 nitrogen and oxygen atoms in total. The number of piperidine rings is 1. The molecule has 39 heavy (non-hydrogen) atoms. The van der Waals surface area contributed by atoms with E-state index >= 15 is 0 Å². The van der Waals surface area contributed by atoms with Crippen LogP contribution in [0.15, 0.2) is 79.4 Å². The lowest BCUT2D eigenvalue weighted by atomic mass is 9.96. The predicted molar refractivity (Wildman–Crippen MR) is 159 cm³/mol. The third-order valence-electron chi connectivity index (χ3n) is 6.75. The average Bonchev–Trinajstić information content (AvgIpc) is 3.38. The summed E-state index contributed by atoms with van der Waals surface area (Å²) in [4.78, 5) is 2.34. The zero-order valence-corrected chi connectivity index (χ0v) is 23.1. The van der Waals surface area contributed by atoms with E-state index in [0.29, 0.717) is 34.9 Å². The number of anilines is 1. The van der Waals surface area contributed by atoms with Crippen molar-refractivity contribution in [2.45, 2.75) is 25.3 Å². The summed E-state index contributed by atoms with van der Waals surface area (Å²) in [6.07, 6.45) is 15.6. The van der Waals surface area contributed by atoms with Crippen molar-refractivity contribution in [2.24, 2.45) is 0 Å². The third kappa shape index (κ3) is 7.25. The van der Waals surface area contributed by atoms with Crippen LogP contribution in [0.1, 0.15) is 30.0 Å². The first-order valence-corrected chi connectivity index (χ1v) is 14.0. The monoisotopic (exact) mass is 548 g/mol. The van der Waals surface area contributed by atoms with Gasteiger partial charge in [0.15, 0.2) is 0 Å². The molecule has 0 spiro atoms. The number of halogens is 2. The highest BCUT2D eigenvalue weighted by Crippen LogP contribution is 2.31. The number of hydrogen-bond donors (Lipinski definition) is 3. The standard InChI is InChI=1S/C30H34F2N6S/c1-4-34-30(7-5-6-21-19-35-38(20-21)26-10-12-37(2)13-11-26)28(18-33)23-14-22(15-25(16-23)36-39-3)27-9-8-24(31)17-29(27)32/h4-5,7-9,14-20,26,33-34,36H,1,6,10-13H2,2-3H3/b7-5-,30-28+,33-18?. The largest absolute Gasteiger partial charge is 0.362 e. The molecule has 1 aromatic heterocycles. The van der Waals surface area contributed by atoms with Gasteiger partial charge in [-0.2, -0.15) is 5.10 Å². The van der Waals surface area contributed by atoms with E-state index in [1.165, 1.54) is 30.3 Å². The summed E-state index contributed by atoms with van der Waals surface area (Å²) < 4.78 is 33.5. The number of benzene rings is 2. The Labute approximate surface area is 233 Å². The van der Waals surface area contributed by atoms with Crippen molar-refractivity contribution in [2.75, 3.05) is 31.1 Å². The number of hydrogen-bond acceptors (Lipinski definition) is 6. The van der Waals surface area contributed by atoms with Gasteiger partial charge >= 0.3 is 0 Å². The van der Waals surface area contributed by atoms with Crippen molar-refractivity contribution >= 4 is 29.4 Å². The van der Waals surface area contributed by atoms with Gasteiger partial charge in [-0.25, -0.2) is 8.78 Å². The number of aromatic nitrogens is 2. The van der Waals surface area contributed by atoms with Crippen molar-refractivity contribution < 1.29 is 8.78 Å². The summed E-state index contributed by atoms with van der Waals surface area (Å²) in [5, 5.41) is 15.9. The Balaban J connectivity index is 1.62. The molecule has 1 aliphatic heterocycles. The van der Waals surface area contributed by atoms with Crippen LogP contribution in [0.5, 0.6) is 0 Å². The second-order valence-electron chi connectivity index (χ2n) is 9.52. The van der Waals surface area contributed by atoms with Gasteiger partial charge in [-0.15, -0.1) is 0 Å². The Hall–Kier alpha value is -3.69. The normalized spacial score (nSPS) is 15.3. The maximum atomic E-state index is 14.6. The van der Waals surface area contributed by atoms with Crippen molar-refractivity contribution in [1.82, 2.24) is 20.0 Å². The van der Waals surface area contributed by atoms with E-state index in [0.717, 1.165) is 43.2 Å². The smallest absolute Gasteiger partial charge is 0.133 e. The first-order valence-electron chi connectivity index (χ1n) is 12.8. The van der Waals surface area contributed by atoms with Gasteiger partial charge in [-0.1, -0.05) is 24.6 Å². The molecule has 3 aromatic rings. The third-order valence-corrected chi connectivity index (χ3v) is 7.19. The minimum Gasteiger partial charge on any atom is -0.362 e. The highest BCUT2D eigenvalue weighted by molar-refractivity contribution is 7.99. The fourth-order valence-electron chi connectivity index (χ4n) is 4.74. The topological polar surface area (TPSA) is 69.0 Å². The molecule has 0 unspecified atom stereocenters. The van der Waals surface area contributed by atoms with Crippen molar-refractivity contribution in [1.29, 1.82) is 5.41 Å². The Morgan fingerprint density at radius 1 is 1.21 bits per heavy atom. The number of likely N-dealkylation sites (tertiary alicyclic amines) is 1. The summed E-state index contributed by atoms with van der Waals surface area (Å²) >= 11 is 1.40. The summed E-state index contributed by atoms with van der Waals surface area (Å²) in [6, 6.07) is 9.47. The molecule has 0 aliphatic carbocycles. The molecule has 1 aliphatic rings. The molecule has 0 amide bonds. The molecule has 3 N–H and O–H groups in total. The molecule has 0 atom stereocenters. The van der Waals surface area contributed by atoms with Crippen LogP contribution in [0, 0.1) is 17.0 Å². The second kappa shape index (κ2) is 13.4. The molecule has 0 radical (unpaired) electrons. The average molecular weight is 549 g/mol. The van der Waals surface area contributed by atoms with Gasteiger partial charge in [0.25, 0.3) is 0 Å². The van der Waals surface area contributed by atoms with Crippen LogP contribution in [0.25, 0.3) is 16.7 Å². The molecule has 2 heterocycles. The van der Waals surface area contributed by atoms with Gasteiger partial charge in [0.1, 0.15) is 11.6 Å². The van der Waals surface area contributed by atoms with Crippen LogP contribution in [0.4, 0.5) is 14.5 Å². The predicted octanol–water partition coefficient (Wildman–Crippen LogP) is 6.68. The van der Waals surface area contributed by atoms with Crippen LogP contribution in [0.3, 0.4) is 0 Å². The fourth-order valence-corrected chi connectivity index (χ4v) is 5.09. The van der Waals surface area contributed by atoms with Crippen molar-refractivity contribution in [3.8, 4) is 11.1 Å². The molecular weight excluding hydrogens is 514 g/mol. The molecule has 204 valence electrons. The Bertz CT molecular complexity index is 1370. The highest BCUT2D eigenvalue weighted by Gasteiger charge is 2.18. The van der Waals surface area contributed by atoms with E-state index < -0.39 is 11.6 Å². The SMILES string of the molecule is C=CNC(/C=C\Cc1cnn(C2CCN(C)CC2)c1)=C(\C=N)c1cc(NSC)cc(-c2ccc(F)cc2F)c1. The van der Waals surface area contributed by atoms with Gasteiger partial charge in [-0.05, 0) is 98.7 Å². The quantitative estimate of drug-likeness (QED) is 0.142. The first kappa shape index (κ1) is 28.3. The number of allylic oxidation sites excluding steroid dienone is 3. The molecule has 1 saturated heterocycles. The van der Waals surface area contributed by atoms with Crippen molar-refractivity contribution in [3.63, 3.8) is 0 Å². The van der Waals surface area contributed by atoms with Crippen molar-refractivity contribution in [3.05, 3.63) is 102 Å². The Morgan fingerprint density at radius 3 is 2.69 bits per heavy atom. The zero-order valence-electron chi connectivity index (χ0n) is 22.3. The maximum Gasteiger partial charge on any atom is 0.133 e. The van der Waals surface area contributed by atoms with E-state index in [-0.39, 0.29) is 5.56 Å². The van der Waals surface area contributed by atoms with E-state index in [2.05, 4.69) is 44.5 Å². The van der Waals surface area contributed by atoms with E-state index in [1.54, 1.807) is 18.3 Å². The van der Waals surface area contributed by atoms with Gasteiger partial charge in [-0.3, -0.25) is 4.68 Å². The van der Waals surface area contributed by atoms with Gasteiger partial charge in [0.2, 0.25) is 0 Å². The maximum absolute atomic E-state index is 14.6. The highest BCUT2D eigenvalue weighted by atomic mass is 32.2. The minimum atomic E-state index is -0.646. The fraction of sp³-hybridized carbons (Fsp3) is 0.267. The van der Waals surface area contributed by atoms with Gasteiger partial charge in [0.05, 0.1) is 12.2 Å². The number of nitrogens with zero attached hydrogens (tertiary/aromatic N) is 3. The van der Waals surface area contributed by atoms with E-state index in [1.807, 2.05) is 30.7 Å². The van der Waals surface area contributed by atoms with Crippen LogP contribution in [0.2, 0.25) is 0 Å². The number of nitrogens with one attached hydrogen (secondary N) is 3. The summed E-state index contributed by atoms with van der Waals surface area (Å²) in [5.74, 6) is -1.28. The van der Waals surface area contributed by atoms with E-state index in [9.17, 15) is 8.78 Å². The lowest BCUT2D eigenvalue weighted by molar-refractivity contribution is 0.212.